The molecule has 0 spiro atoms. The third kappa shape index (κ3) is 4.81. The molecule has 1 aromatic heterocycles. The van der Waals surface area contributed by atoms with Gasteiger partial charge in [0.05, 0.1) is 17.9 Å². The number of aromatic nitrogens is 4. The highest BCUT2D eigenvalue weighted by Gasteiger charge is 2.30. The molecule has 0 unspecified atom stereocenters. The van der Waals surface area contributed by atoms with Crippen LogP contribution in [0.2, 0.25) is 0 Å². The van der Waals surface area contributed by atoms with Crippen LogP contribution in [0.25, 0.3) is 0 Å². The van der Waals surface area contributed by atoms with Crippen molar-refractivity contribution in [2.75, 3.05) is 11.1 Å². The molecule has 0 aliphatic carbocycles. The second-order valence-electron chi connectivity index (χ2n) is 4.35. The molecule has 2 aromatic rings. The van der Waals surface area contributed by atoms with Crippen molar-refractivity contribution in [3.63, 3.8) is 0 Å². The Balaban J connectivity index is 1.95. The zero-order valence-electron chi connectivity index (χ0n) is 11.7. The number of rotatable bonds is 6. The molecule has 0 aliphatic heterocycles. The number of nitrogens with zero attached hydrogens (tertiary/aromatic N) is 4. The summed E-state index contributed by atoms with van der Waals surface area (Å²) >= 11 is 1.08. The van der Waals surface area contributed by atoms with Crippen molar-refractivity contribution < 1.29 is 18.0 Å². The highest BCUT2D eigenvalue weighted by molar-refractivity contribution is 7.99. The number of tetrazole rings is 1. The molecule has 10 heteroatoms. The van der Waals surface area contributed by atoms with E-state index in [1.165, 1.54) is 16.8 Å². The fourth-order valence-electron chi connectivity index (χ4n) is 1.64. The van der Waals surface area contributed by atoms with Gasteiger partial charge in [-0.2, -0.15) is 13.2 Å². The monoisotopic (exact) mass is 343 g/mol. The van der Waals surface area contributed by atoms with Gasteiger partial charge in [0.1, 0.15) is 0 Å². The van der Waals surface area contributed by atoms with Crippen molar-refractivity contribution in [1.29, 1.82) is 0 Å². The molecule has 122 valence electrons. The number of anilines is 1. The largest absolute Gasteiger partial charge is 0.416 e. The lowest BCUT2D eigenvalue weighted by molar-refractivity contribution is -0.137. The van der Waals surface area contributed by atoms with E-state index in [1.54, 1.807) is 6.08 Å². The van der Waals surface area contributed by atoms with E-state index in [1.807, 2.05) is 0 Å². The lowest BCUT2D eigenvalue weighted by atomic mass is 10.2. The van der Waals surface area contributed by atoms with Crippen molar-refractivity contribution >= 4 is 23.4 Å². The Bertz CT molecular complexity index is 701. The molecule has 2 rings (SSSR count). The summed E-state index contributed by atoms with van der Waals surface area (Å²) in [7, 11) is 0. The van der Waals surface area contributed by atoms with Gasteiger partial charge in [0.15, 0.2) is 0 Å². The Hall–Kier alpha value is -2.36. The second kappa shape index (κ2) is 7.27. The van der Waals surface area contributed by atoms with E-state index in [2.05, 4.69) is 27.4 Å². The maximum Gasteiger partial charge on any atom is 0.416 e. The molecule has 1 aromatic carbocycles. The number of carbonyl (C=O) groups is 1. The van der Waals surface area contributed by atoms with Crippen LogP contribution < -0.4 is 5.32 Å². The first kappa shape index (κ1) is 17.0. The number of carbonyl (C=O) groups excluding carboxylic acids is 1. The van der Waals surface area contributed by atoms with Gasteiger partial charge < -0.3 is 5.32 Å². The first-order valence-electron chi connectivity index (χ1n) is 6.37. The van der Waals surface area contributed by atoms with Crippen molar-refractivity contribution in [2.24, 2.45) is 0 Å². The summed E-state index contributed by atoms with van der Waals surface area (Å²) in [4.78, 5) is 11.8. The molecule has 0 aliphatic rings. The molecular formula is C13H12F3N5OS. The van der Waals surface area contributed by atoms with E-state index in [4.69, 9.17) is 0 Å². The van der Waals surface area contributed by atoms with E-state index in [-0.39, 0.29) is 11.4 Å². The normalized spacial score (nSPS) is 11.3. The van der Waals surface area contributed by atoms with Crippen LogP contribution in [0.1, 0.15) is 5.56 Å². The maximum absolute atomic E-state index is 12.6. The summed E-state index contributed by atoms with van der Waals surface area (Å²) in [6.07, 6.45) is -2.86. The van der Waals surface area contributed by atoms with Gasteiger partial charge >= 0.3 is 6.18 Å². The van der Waals surface area contributed by atoms with E-state index in [0.29, 0.717) is 11.7 Å². The molecule has 0 radical (unpaired) electrons. The second-order valence-corrected chi connectivity index (χ2v) is 5.29. The van der Waals surface area contributed by atoms with Crippen molar-refractivity contribution in [3.8, 4) is 0 Å². The van der Waals surface area contributed by atoms with E-state index >= 15 is 0 Å². The van der Waals surface area contributed by atoms with E-state index in [0.717, 1.165) is 23.9 Å². The first-order valence-corrected chi connectivity index (χ1v) is 7.35. The summed E-state index contributed by atoms with van der Waals surface area (Å²) in [6, 6.07) is 4.44. The summed E-state index contributed by atoms with van der Waals surface area (Å²) in [5.74, 6) is -0.490. The van der Waals surface area contributed by atoms with Crippen molar-refractivity contribution in [2.45, 2.75) is 17.9 Å². The summed E-state index contributed by atoms with van der Waals surface area (Å²) in [5, 5.41) is 13.8. The van der Waals surface area contributed by atoms with Gasteiger partial charge in [0, 0.05) is 5.69 Å². The number of hydrogen-bond donors (Lipinski definition) is 1. The molecule has 1 N–H and O–H groups in total. The smallest absolute Gasteiger partial charge is 0.325 e. The highest BCUT2D eigenvalue weighted by Crippen LogP contribution is 2.30. The van der Waals surface area contributed by atoms with Crippen LogP contribution >= 0.6 is 11.8 Å². The van der Waals surface area contributed by atoms with Crippen LogP contribution in [0.15, 0.2) is 42.1 Å². The van der Waals surface area contributed by atoms with Crippen LogP contribution in [-0.4, -0.2) is 31.9 Å². The molecule has 0 saturated carbocycles. The number of hydrogen-bond acceptors (Lipinski definition) is 5. The van der Waals surface area contributed by atoms with Crippen LogP contribution in [0.5, 0.6) is 0 Å². The van der Waals surface area contributed by atoms with Gasteiger partial charge in [-0.3, -0.25) is 4.79 Å². The van der Waals surface area contributed by atoms with Crippen LogP contribution in [0, 0.1) is 0 Å². The molecule has 1 heterocycles. The number of allylic oxidation sites excluding steroid dienone is 1. The average Bonchev–Trinajstić information content (AvgIpc) is 2.92. The van der Waals surface area contributed by atoms with Gasteiger partial charge in [0.2, 0.25) is 11.1 Å². The molecule has 0 bridgehead atoms. The number of halogens is 3. The predicted molar refractivity (Wildman–Crippen MR) is 78.8 cm³/mol. The zero-order chi connectivity index (χ0) is 16.9. The Kier molecular flexibility index (Phi) is 5.37. The number of nitrogens with one attached hydrogen (secondary N) is 1. The number of thioether (sulfide) groups is 1. The summed E-state index contributed by atoms with van der Waals surface area (Å²) < 4.78 is 39.3. The summed E-state index contributed by atoms with van der Waals surface area (Å²) in [6.45, 7) is 3.95. The standard InChI is InChI=1S/C13H12F3N5OS/c1-2-6-21-12(18-19-20-21)23-8-11(22)17-10-5-3-4-9(7-10)13(14,15)16/h2-5,7H,1,6,8H2,(H,17,22). The Morgan fingerprint density at radius 3 is 2.91 bits per heavy atom. The van der Waals surface area contributed by atoms with Gasteiger partial charge in [-0.25, -0.2) is 4.68 Å². The first-order chi connectivity index (χ1) is 10.9. The van der Waals surface area contributed by atoms with Crippen molar-refractivity contribution in [3.05, 3.63) is 42.5 Å². The topological polar surface area (TPSA) is 72.7 Å². The van der Waals surface area contributed by atoms with Gasteiger partial charge in [-0.1, -0.05) is 23.9 Å². The minimum atomic E-state index is -4.46. The summed E-state index contributed by atoms with van der Waals surface area (Å²) in [5.41, 5.74) is -0.742. The number of benzene rings is 1. The zero-order valence-corrected chi connectivity index (χ0v) is 12.6. The SMILES string of the molecule is C=CCn1nnnc1SCC(=O)Nc1cccc(C(F)(F)F)c1. The van der Waals surface area contributed by atoms with E-state index in [9.17, 15) is 18.0 Å². The number of alkyl halides is 3. The van der Waals surface area contributed by atoms with Gasteiger partial charge in [0.25, 0.3) is 0 Å². The molecule has 23 heavy (non-hydrogen) atoms. The molecule has 6 nitrogen and oxygen atoms in total. The van der Waals surface area contributed by atoms with Crippen LogP contribution in [0.3, 0.4) is 0 Å². The highest BCUT2D eigenvalue weighted by atomic mass is 32.2. The van der Waals surface area contributed by atoms with Crippen molar-refractivity contribution in [1.82, 2.24) is 20.2 Å². The van der Waals surface area contributed by atoms with Gasteiger partial charge in [-0.05, 0) is 28.6 Å². The van der Waals surface area contributed by atoms with Gasteiger partial charge in [-0.15, -0.1) is 11.7 Å². The maximum atomic E-state index is 12.6. The lowest BCUT2D eigenvalue weighted by Crippen LogP contribution is -2.15. The minimum absolute atomic E-state index is 0.0340. The predicted octanol–water partition coefficient (Wildman–Crippen LogP) is 2.61. The molecule has 0 saturated heterocycles. The minimum Gasteiger partial charge on any atom is -0.325 e. The molecular weight excluding hydrogens is 331 g/mol. The quantitative estimate of drug-likeness (QED) is 0.645. The Morgan fingerprint density at radius 1 is 1.43 bits per heavy atom. The fraction of sp³-hybridized carbons (Fsp3) is 0.231. The Morgan fingerprint density at radius 2 is 2.22 bits per heavy atom. The number of amides is 1. The molecule has 0 fully saturated rings. The average molecular weight is 343 g/mol. The third-order valence-corrected chi connectivity index (χ3v) is 3.56. The van der Waals surface area contributed by atoms with Crippen LogP contribution in [0.4, 0.5) is 18.9 Å². The van der Waals surface area contributed by atoms with Crippen LogP contribution in [-0.2, 0) is 17.5 Å². The molecule has 1 amide bonds. The fourth-order valence-corrected chi connectivity index (χ4v) is 2.32. The van der Waals surface area contributed by atoms with E-state index < -0.39 is 17.6 Å². The third-order valence-electron chi connectivity index (χ3n) is 2.61. The lowest BCUT2D eigenvalue weighted by Gasteiger charge is -2.09. The Labute approximate surface area is 133 Å². The molecule has 0 atom stereocenters.